The highest BCUT2D eigenvalue weighted by molar-refractivity contribution is 5.80. The highest BCUT2D eigenvalue weighted by Crippen LogP contribution is 2.05. The molecule has 0 heterocycles. The van der Waals surface area contributed by atoms with Crippen LogP contribution in [0.1, 0.15) is 33.6 Å². The van der Waals surface area contributed by atoms with Crippen LogP contribution in [-0.2, 0) is 33.3 Å². The van der Waals surface area contributed by atoms with Crippen molar-refractivity contribution >= 4 is 18.0 Å². The Hall–Kier alpha value is -1.95. The summed E-state index contributed by atoms with van der Waals surface area (Å²) in [5, 5.41) is 13.6. The number of carboxylic acids is 1. The van der Waals surface area contributed by atoms with Crippen LogP contribution in [0.5, 0.6) is 0 Å². The Morgan fingerprint density at radius 3 is 1.57 bits per heavy atom. The van der Waals surface area contributed by atoms with E-state index in [2.05, 4.69) is 10.6 Å². The molecular weight excluding hydrogens is 400 g/mol. The average Bonchev–Trinajstić information content (AvgIpc) is 2.64. The largest absolute Gasteiger partial charge is 0.481 e. The van der Waals surface area contributed by atoms with Gasteiger partial charge in [-0.2, -0.15) is 0 Å². The van der Waals surface area contributed by atoms with Gasteiger partial charge in [-0.15, -0.1) is 0 Å². The lowest BCUT2D eigenvalue weighted by Crippen LogP contribution is -2.34. The summed E-state index contributed by atoms with van der Waals surface area (Å²) in [7, 11) is 0. The van der Waals surface area contributed by atoms with E-state index in [1.807, 2.05) is 0 Å². The summed E-state index contributed by atoms with van der Waals surface area (Å²) in [6.07, 6.45) is -0.684. The molecule has 0 fully saturated rings. The fourth-order valence-electron chi connectivity index (χ4n) is 1.87. The number of alkyl carbamates (subject to hydrolysis) is 1. The summed E-state index contributed by atoms with van der Waals surface area (Å²) in [5.74, 6) is -1.31. The van der Waals surface area contributed by atoms with Crippen molar-refractivity contribution in [2.45, 2.75) is 39.2 Å². The number of aliphatic carboxylic acids is 1. The molecule has 0 rings (SSSR count). The van der Waals surface area contributed by atoms with Crippen LogP contribution in [0.4, 0.5) is 4.79 Å². The molecule has 0 saturated carbocycles. The van der Waals surface area contributed by atoms with E-state index in [0.717, 1.165) is 0 Å². The highest BCUT2D eigenvalue weighted by Gasteiger charge is 2.15. The SMILES string of the molecule is CC(C)(C)OC(=O)NCCOCCOCCOCCOCCNC(=O)CCC(=O)O. The van der Waals surface area contributed by atoms with E-state index < -0.39 is 17.7 Å². The zero-order chi connectivity index (χ0) is 22.7. The van der Waals surface area contributed by atoms with Gasteiger partial charge in [0.1, 0.15) is 5.60 Å². The lowest BCUT2D eigenvalue weighted by Gasteiger charge is -2.19. The van der Waals surface area contributed by atoms with E-state index in [4.69, 9.17) is 28.8 Å². The first-order valence-corrected chi connectivity index (χ1v) is 9.97. The summed E-state index contributed by atoms with van der Waals surface area (Å²) in [6, 6.07) is 0. The molecule has 0 aromatic carbocycles. The molecule has 0 bridgehead atoms. The van der Waals surface area contributed by atoms with Gasteiger partial charge in [-0.3, -0.25) is 9.59 Å². The summed E-state index contributed by atoms with van der Waals surface area (Å²) in [6.45, 7) is 9.28. The Balaban J connectivity index is 3.22. The molecule has 11 nitrogen and oxygen atoms in total. The fraction of sp³-hybridized carbons (Fsp3) is 0.842. The fourth-order valence-corrected chi connectivity index (χ4v) is 1.87. The number of carboxylic acid groups (broad SMARTS) is 1. The maximum Gasteiger partial charge on any atom is 0.407 e. The Labute approximate surface area is 177 Å². The Bertz CT molecular complexity index is 481. The van der Waals surface area contributed by atoms with Crippen LogP contribution in [0, 0.1) is 0 Å². The van der Waals surface area contributed by atoms with Crippen molar-refractivity contribution in [3.8, 4) is 0 Å². The first-order valence-electron chi connectivity index (χ1n) is 9.97. The van der Waals surface area contributed by atoms with Crippen molar-refractivity contribution < 1.29 is 43.2 Å². The van der Waals surface area contributed by atoms with Gasteiger partial charge in [0.2, 0.25) is 5.91 Å². The van der Waals surface area contributed by atoms with Crippen LogP contribution in [-0.4, -0.2) is 94.6 Å². The van der Waals surface area contributed by atoms with Crippen LogP contribution in [0.15, 0.2) is 0 Å². The summed E-state index contributed by atoms with van der Waals surface area (Å²) in [5.41, 5.74) is -0.519. The molecule has 0 aliphatic carbocycles. The monoisotopic (exact) mass is 436 g/mol. The van der Waals surface area contributed by atoms with E-state index in [-0.39, 0.29) is 18.7 Å². The Morgan fingerprint density at radius 2 is 1.13 bits per heavy atom. The second kappa shape index (κ2) is 17.9. The minimum absolute atomic E-state index is 0.0353. The number of hydrogen-bond acceptors (Lipinski definition) is 8. The van der Waals surface area contributed by atoms with Crippen molar-refractivity contribution in [1.29, 1.82) is 0 Å². The molecule has 0 spiro atoms. The van der Waals surface area contributed by atoms with Crippen LogP contribution >= 0.6 is 0 Å². The van der Waals surface area contributed by atoms with Gasteiger partial charge in [-0.25, -0.2) is 4.79 Å². The van der Waals surface area contributed by atoms with Gasteiger partial charge in [0.25, 0.3) is 0 Å². The molecule has 0 atom stereocenters. The molecule has 3 N–H and O–H groups in total. The van der Waals surface area contributed by atoms with Crippen LogP contribution in [0.3, 0.4) is 0 Å². The summed E-state index contributed by atoms with van der Waals surface area (Å²) >= 11 is 0. The molecule has 11 heteroatoms. The van der Waals surface area contributed by atoms with Crippen LogP contribution in [0.2, 0.25) is 0 Å². The molecule has 0 aliphatic rings. The normalized spacial score (nSPS) is 11.2. The standard InChI is InChI=1S/C19H36N2O9/c1-19(2,3)30-18(25)21-7-9-27-11-13-29-15-14-28-12-10-26-8-6-20-16(22)4-5-17(23)24/h4-15H2,1-3H3,(H,20,22)(H,21,25)(H,23,24). The Kier molecular flexibility index (Phi) is 16.7. The summed E-state index contributed by atoms with van der Waals surface area (Å²) < 4.78 is 26.4. The van der Waals surface area contributed by atoms with Gasteiger partial charge < -0.3 is 39.4 Å². The third-order valence-corrected chi connectivity index (χ3v) is 3.17. The second-order valence-corrected chi connectivity index (χ2v) is 7.12. The lowest BCUT2D eigenvalue weighted by molar-refractivity contribution is -0.138. The number of nitrogens with one attached hydrogen (secondary N) is 2. The number of rotatable bonds is 18. The first-order chi connectivity index (χ1) is 14.2. The minimum Gasteiger partial charge on any atom is -0.481 e. The van der Waals surface area contributed by atoms with Gasteiger partial charge in [-0.1, -0.05) is 0 Å². The third-order valence-electron chi connectivity index (χ3n) is 3.17. The predicted molar refractivity (Wildman–Crippen MR) is 107 cm³/mol. The third kappa shape index (κ3) is 22.3. The first kappa shape index (κ1) is 28.1. The molecule has 30 heavy (non-hydrogen) atoms. The Morgan fingerprint density at radius 1 is 0.700 bits per heavy atom. The van der Waals surface area contributed by atoms with Gasteiger partial charge in [0.15, 0.2) is 0 Å². The van der Waals surface area contributed by atoms with E-state index in [1.165, 1.54) is 0 Å². The van der Waals surface area contributed by atoms with E-state index >= 15 is 0 Å². The van der Waals surface area contributed by atoms with Crippen LogP contribution in [0.25, 0.3) is 0 Å². The van der Waals surface area contributed by atoms with Crippen molar-refractivity contribution in [2.75, 3.05) is 65.9 Å². The van der Waals surface area contributed by atoms with Crippen LogP contribution < -0.4 is 10.6 Å². The maximum absolute atomic E-state index is 11.4. The van der Waals surface area contributed by atoms with Gasteiger partial charge in [0, 0.05) is 19.5 Å². The molecule has 0 saturated heterocycles. The van der Waals surface area contributed by atoms with E-state index in [1.54, 1.807) is 20.8 Å². The average molecular weight is 437 g/mol. The molecule has 2 amide bonds. The molecule has 176 valence electrons. The number of amides is 2. The lowest BCUT2D eigenvalue weighted by atomic mass is 10.2. The number of hydrogen-bond donors (Lipinski definition) is 3. The predicted octanol–water partition coefficient (Wildman–Crippen LogP) is 0.559. The molecule has 0 unspecified atom stereocenters. The number of carbonyl (C=O) groups excluding carboxylic acids is 2. The van der Waals surface area contributed by atoms with Crippen molar-refractivity contribution in [3.05, 3.63) is 0 Å². The molecular formula is C19H36N2O9. The minimum atomic E-state index is -0.998. The number of carbonyl (C=O) groups is 3. The van der Waals surface area contributed by atoms with Gasteiger partial charge in [0.05, 0.1) is 59.3 Å². The van der Waals surface area contributed by atoms with E-state index in [0.29, 0.717) is 65.9 Å². The maximum atomic E-state index is 11.4. The van der Waals surface area contributed by atoms with Crippen molar-refractivity contribution in [2.24, 2.45) is 0 Å². The molecule has 0 aliphatic heterocycles. The highest BCUT2D eigenvalue weighted by atomic mass is 16.6. The second-order valence-electron chi connectivity index (χ2n) is 7.12. The zero-order valence-electron chi connectivity index (χ0n) is 18.2. The van der Waals surface area contributed by atoms with Crippen molar-refractivity contribution in [1.82, 2.24) is 10.6 Å². The molecule has 0 radical (unpaired) electrons. The molecule has 0 aromatic heterocycles. The number of ether oxygens (including phenoxy) is 5. The zero-order valence-corrected chi connectivity index (χ0v) is 18.2. The quantitative estimate of drug-likeness (QED) is 0.263. The smallest absolute Gasteiger partial charge is 0.407 e. The van der Waals surface area contributed by atoms with E-state index in [9.17, 15) is 14.4 Å². The van der Waals surface area contributed by atoms with Gasteiger partial charge >= 0.3 is 12.1 Å². The van der Waals surface area contributed by atoms with Gasteiger partial charge in [-0.05, 0) is 20.8 Å². The summed E-state index contributed by atoms with van der Waals surface area (Å²) in [4.78, 5) is 33.0. The molecule has 0 aromatic rings. The topological polar surface area (TPSA) is 142 Å². The van der Waals surface area contributed by atoms with Crippen molar-refractivity contribution in [3.63, 3.8) is 0 Å².